The van der Waals surface area contributed by atoms with Crippen molar-refractivity contribution in [2.75, 3.05) is 26.3 Å². The second kappa shape index (κ2) is 7.73. The van der Waals surface area contributed by atoms with Crippen LogP contribution in [0.2, 0.25) is 0 Å². The Kier molecular flexibility index (Phi) is 5.20. The summed E-state index contributed by atoms with van der Waals surface area (Å²) in [6.45, 7) is 5.21. The number of benzene rings is 2. The van der Waals surface area contributed by atoms with Crippen LogP contribution in [0, 0.1) is 0 Å². The Morgan fingerprint density at radius 3 is 2.35 bits per heavy atom. The molecule has 0 aliphatic carbocycles. The fourth-order valence-corrected chi connectivity index (χ4v) is 2.86. The molecule has 3 rings (SSSR count). The van der Waals surface area contributed by atoms with Gasteiger partial charge in [0.05, 0.1) is 13.2 Å². The number of nitrogens with zero attached hydrogens (tertiary/aromatic N) is 1. The summed E-state index contributed by atoms with van der Waals surface area (Å²) in [6, 6.07) is 18.4. The normalized spacial score (nSPS) is 13.8. The first-order chi connectivity index (χ1) is 11.4. The van der Waals surface area contributed by atoms with E-state index in [-0.39, 0.29) is 0 Å². The predicted molar refractivity (Wildman–Crippen MR) is 93.7 cm³/mol. The van der Waals surface area contributed by atoms with Crippen molar-refractivity contribution in [1.82, 2.24) is 4.90 Å². The Labute approximate surface area is 138 Å². The predicted octanol–water partition coefficient (Wildman–Crippen LogP) is 4.21. The van der Waals surface area contributed by atoms with E-state index in [9.17, 15) is 0 Å². The minimum atomic E-state index is 0.646. The van der Waals surface area contributed by atoms with Crippen molar-refractivity contribution in [1.29, 1.82) is 0 Å². The lowest BCUT2D eigenvalue weighted by molar-refractivity contribution is 0.249. The van der Waals surface area contributed by atoms with Crippen LogP contribution in [-0.2, 0) is 0 Å². The molecule has 2 aromatic carbocycles. The van der Waals surface area contributed by atoms with Crippen LogP contribution in [0.3, 0.4) is 0 Å². The Bertz CT molecular complexity index is 652. The van der Waals surface area contributed by atoms with Crippen molar-refractivity contribution in [3.63, 3.8) is 0 Å². The van der Waals surface area contributed by atoms with Gasteiger partial charge in [-0.05, 0) is 31.0 Å². The summed E-state index contributed by atoms with van der Waals surface area (Å²) in [6.07, 6.45) is 3.41. The molecule has 0 saturated carbocycles. The molecule has 0 spiro atoms. The van der Waals surface area contributed by atoms with E-state index in [2.05, 4.69) is 41.3 Å². The summed E-state index contributed by atoms with van der Waals surface area (Å²) in [5, 5.41) is 0. The van der Waals surface area contributed by atoms with Crippen molar-refractivity contribution in [2.45, 2.75) is 13.3 Å². The first-order valence-electron chi connectivity index (χ1n) is 8.23. The van der Waals surface area contributed by atoms with Crippen molar-refractivity contribution in [3.05, 3.63) is 66.2 Å². The molecule has 0 bridgehead atoms. The van der Waals surface area contributed by atoms with E-state index < -0.39 is 0 Å². The number of hydrogen-bond acceptors (Lipinski definition) is 3. The zero-order valence-corrected chi connectivity index (χ0v) is 13.6. The quantitative estimate of drug-likeness (QED) is 0.764. The lowest BCUT2D eigenvalue weighted by atomic mass is 10.1. The Morgan fingerprint density at radius 2 is 1.61 bits per heavy atom. The molecular formula is C20H23NO2. The van der Waals surface area contributed by atoms with Crippen LogP contribution in [0.4, 0.5) is 0 Å². The van der Waals surface area contributed by atoms with Crippen molar-refractivity contribution in [3.8, 4) is 11.5 Å². The van der Waals surface area contributed by atoms with Gasteiger partial charge in [0.15, 0.2) is 11.5 Å². The van der Waals surface area contributed by atoms with Gasteiger partial charge in [0.1, 0.15) is 6.61 Å². The number of rotatable bonds is 7. The Hall–Kier alpha value is -2.42. The van der Waals surface area contributed by atoms with E-state index in [0.717, 1.165) is 31.0 Å². The highest BCUT2D eigenvalue weighted by Gasteiger charge is 2.16. The summed E-state index contributed by atoms with van der Waals surface area (Å²) in [5.41, 5.74) is 2.59. The molecule has 3 heteroatoms. The lowest BCUT2D eigenvalue weighted by Gasteiger charge is -2.23. The third-order valence-corrected chi connectivity index (χ3v) is 3.91. The van der Waals surface area contributed by atoms with E-state index in [1.807, 2.05) is 31.2 Å². The van der Waals surface area contributed by atoms with Crippen molar-refractivity contribution >= 4 is 5.70 Å². The van der Waals surface area contributed by atoms with Gasteiger partial charge in [-0.1, -0.05) is 48.5 Å². The highest BCUT2D eigenvalue weighted by Crippen LogP contribution is 2.28. The second-order valence-electron chi connectivity index (χ2n) is 5.46. The van der Waals surface area contributed by atoms with Gasteiger partial charge in [-0.3, -0.25) is 0 Å². The van der Waals surface area contributed by atoms with Gasteiger partial charge in [0.2, 0.25) is 0 Å². The molecular weight excluding hydrogens is 286 g/mol. The first-order valence-corrected chi connectivity index (χ1v) is 8.23. The smallest absolute Gasteiger partial charge is 0.161 e. The molecule has 0 atom stereocenters. The topological polar surface area (TPSA) is 21.7 Å². The van der Waals surface area contributed by atoms with Crippen LogP contribution in [0.25, 0.3) is 5.70 Å². The highest BCUT2D eigenvalue weighted by atomic mass is 16.5. The highest BCUT2D eigenvalue weighted by molar-refractivity contribution is 5.65. The van der Waals surface area contributed by atoms with Gasteiger partial charge in [-0.2, -0.15) is 0 Å². The monoisotopic (exact) mass is 309 g/mol. The molecule has 0 radical (unpaired) electrons. The third kappa shape index (κ3) is 3.86. The largest absolute Gasteiger partial charge is 0.490 e. The molecule has 0 fully saturated rings. The van der Waals surface area contributed by atoms with Crippen molar-refractivity contribution < 1.29 is 9.47 Å². The maximum atomic E-state index is 5.94. The summed E-state index contributed by atoms with van der Waals surface area (Å²) >= 11 is 0. The van der Waals surface area contributed by atoms with Crippen LogP contribution in [0.1, 0.15) is 18.9 Å². The molecule has 23 heavy (non-hydrogen) atoms. The van der Waals surface area contributed by atoms with E-state index in [0.29, 0.717) is 13.2 Å². The van der Waals surface area contributed by atoms with E-state index >= 15 is 0 Å². The molecule has 2 aromatic rings. The van der Waals surface area contributed by atoms with E-state index in [4.69, 9.17) is 9.47 Å². The molecule has 0 unspecified atom stereocenters. The molecule has 0 saturated heterocycles. The van der Waals surface area contributed by atoms with E-state index in [1.54, 1.807) is 0 Å². The Morgan fingerprint density at radius 1 is 0.913 bits per heavy atom. The first kappa shape index (κ1) is 15.5. The number of ether oxygens (including phenoxy) is 2. The zero-order chi connectivity index (χ0) is 15.9. The van der Waals surface area contributed by atoms with Gasteiger partial charge < -0.3 is 14.4 Å². The van der Waals surface area contributed by atoms with Gasteiger partial charge in [0, 0.05) is 12.2 Å². The van der Waals surface area contributed by atoms with Crippen LogP contribution >= 0.6 is 0 Å². The molecule has 0 amide bonds. The molecule has 0 N–H and O–H groups in total. The van der Waals surface area contributed by atoms with Gasteiger partial charge in [-0.15, -0.1) is 0 Å². The molecule has 1 heterocycles. The van der Waals surface area contributed by atoms with Crippen LogP contribution < -0.4 is 9.47 Å². The molecule has 120 valence electrons. The van der Waals surface area contributed by atoms with Crippen molar-refractivity contribution in [2.24, 2.45) is 0 Å². The fraction of sp³-hybridized carbons (Fsp3) is 0.300. The number of hydrogen-bond donors (Lipinski definition) is 0. The minimum absolute atomic E-state index is 0.646. The summed E-state index contributed by atoms with van der Waals surface area (Å²) in [7, 11) is 0. The summed E-state index contributed by atoms with van der Waals surface area (Å²) in [4.78, 5) is 2.39. The lowest BCUT2D eigenvalue weighted by Crippen LogP contribution is -2.25. The van der Waals surface area contributed by atoms with Crippen LogP contribution in [0.5, 0.6) is 11.5 Å². The Balaban J connectivity index is 1.58. The third-order valence-electron chi connectivity index (χ3n) is 3.91. The second-order valence-corrected chi connectivity index (χ2v) is 5.46. The fourth-order valence-electron chi connectivity index (χ4n) is 2.86. The molecule has 1 aliphatic heterocycles. The van der Waals surface area contributed by atoms with Gasteiger partial charge >= 0.3 is 0 Å². The summed E-state index contributed by atoms with van der Waals surface area (Å²) < 4.78 is 11.5. The van der Waals surface area contributed by atoms with Crippen LogP contribution in [0.15, 0.2) is 60.7 Å². The average Bonchev–Trinajstić information content (AvgIpc) is 3.06. The molecule has 3 nitrogen and oxygen atoms in total. The van der Waals surface area contributed by atoms with Gasteiger partial charge in [0.25, 0.3) is 0 Å². The summed E-state index contributed by atoms with van der Waals surface area (Å²) in [5.74, 6) is 1.63. The number of para-hydroxylation sites is 2. The zero-order valence-electron chi connectivity index (χ0n) is 13.6. The van der Waals surface area contributed by atoms with Crippen LogP contribution in [-0.4, -0.2) is 31.2 Å². The van der Waals surface area contributed by atoms with E-state index in [1.165, 1.54) is 11.3 Å². The maximum Gasteiger partial charge on any atom is 0.161 e. The average molecular weight is 309 g/mol. The standard InChI is InChI=1S/C20H23NO2/c1-2-22-19-12-6-7-13-20(19)23-16-15-21-14-8-11-18(21)17-9-4-3-5-10-17/h3-7,9-13H,2,8,14-16H2,1H3. The molecule has 1 aliphatic rings. The maximum absolute atomic E-state index is 5.94. The molecule has 0 aromatic heterocycles. The van der Waals surface area contributed by atoms with Gasteiger partial charge in [-0.25, -0.2) is 0 Å². The minimum Gasteiger partial charge on any atom is -0.490 e. The SMILES string of the molecule is CCOc1ccccc1OCCN1CCC=C1c1ccccc1.